The molecular weight excluding hydrogens is 214 g/mol. The van der Waals surface area contributed by atoms with Crippen LogP contribution in [0, 0.1) is 5.92 Å². The Morgan fingerprint density at radius 3 is 2.71 bits per heavy atom. The number of nitrogens with two attached hydrogens (primary N) is 1. The number of hydrogen-bond acceptors (Lipinski definition) is 2. The molecule has 4 nitrogen and oxygen atoms in total. The maximum Gasteiger partial charge on any atom is 0.270 e. The third kappa shape index (κ3) is 2.69. The Morgan fingerprint density at radius 2 is 2.18 bits per heavy atom. The van der Waals surface area contributed by atoms with E-state index in [1.54, 1.807) is 0 Å². The van der Waals surface area contributed by atoms with Crippen molar-refractivity contribution in [2.24, 2.45) is 18.7 Å². The first-order valence-electron chi connectivity index (χ1n) is 6.33. The maximum atomic E-state index is 12.2. The number of aromatic nitrogens is 1. The molecule has 0 aromatic carbocycles. The molecule has 1 aromatic rings. The lowest BCUT2D eigenvalue weighted by Gasteiger charge is -2.31. The van der Waals surface area contributed by atoms with Gasteiger partial charge in [0.2, 0.25) is 0 Å². The Labute approximate surface area is 102 Å². The fourth-order valence-electron chi connectivity index (χ4n) is 2.51. The van der Waals surface area contributed by atoms with Gasteiger partial charge in [0.05, 0.1) is 0 Å². The van der Waals surface area contributed by atoms with Gasteiger partial charge in [-0.3, -0.25) is 4.79 Å². The highest BCUT2D eigenvalue weighted by atomic mass is 16.2. The van der Waals surface area contributed by atoms with Crippen LogP contribution >= 0.6 is 0 Å². The number of piperidine rings is 1. The van der Waals surface area contributed by atoms with E-state index >= 15 is 0 Å². The van der Waals surface area contributed by atoms with E-state index in [1.165, 1.54) is 0 Å². The summed E-state index contributed by atoms with van der Waals surface area (Å²) in [5.41, 5.74) is 6.35. The van der Waals surface area contributed by atoms with Gasteiger partial charge >= 0.3 is 0 Å². The van der Waals surface area contributed by atoms with Gasteiger partial charge < -0.3 is 15.2 Å². The molecule has 0 radical (unpaired) electrons. The molecule has 94 valence electrons. The summed E-state index contributed by atoms with van der Waals surface area (Å²) < 4.78 is 1.88. The molecule has 1 aliphatic rings. The van der Waals surface area contributed by atoms with Crippen molar-refractivity contribution in [3.05, 3.63) is 24.0 Å². The minimum atomic E-state index is 0.156. The minimum Gasteiger partial charge on any atom is -0.347 e. The molecule has 0 unspecified atom stereocenters. The summed E-state index contributed by atoms with van der Waals surface area (Å²) in [5.74, 6) is 0.862. The average Bonchev–Trinajstić information content (AvgIpc) is 2.76. The lowest BCUT2D eigenvalue weighted by atomic mass is 9.93. The molecule has 4 heteroatoms. The summed E-state index contributed by atoms with van der Waals surface area (Å²) in [6.45, 7) is 2.50. The second-order valence-corrected chi connectivity index (χ2v) is 4.82. The Balaban J connectivity index is 1.93. The summed E-state index contributed by atoms with van der Waals surface area (Å²) in [6, 6.07) is 3.79. The van der Waals surface area contributed by atoms with Gasteiger partial charge in [0.1, 0.15) is 5.69 Å². The second kappa shape index (κ2) is 5.36. The predicted molar refractivity (Wildman–Crippen MR) is 67.7 cm³/mol. The fraction of sp³-hybridized carbons (Fsp3) is 0.615. The van der Waals surface area contributed by atoms with Crippen molar-refractivity contribution < 1.29 is 4.79 Å². The molecule has 1 saturated heterocycles. The van der Waals surface area contributed by atoms with Crippen LogP contribution < -0.4 is 5.73 Å². The molecule has 0 bridgehead atoms. The van der Waals surface area contributed by atoms with E-state index in [0.29, 0.717) is 5.92 Å². The smallest absolute Gasteiger partial charge is 0.270 e. The molecule has 1 aliphatic heterocycles. The van der Waals surface area contributed by atoms with Gasteiger partial charge in [0.15, 0.2) is 0 Å². The van der Waals surface area contributed by atoms with Crippen LogP contribution in [0.1, 0.15) is 29.8 Å². The zero-order valence-electron chi connectivity index (χ0n) is 10.4. The Bertz CT molecular complexity index is 378. The standard InChI is InChI=1S/C13H21N3O/c1-15-8-2-3-12(15)13(17)16-9-5-11(4-7-14)6-10-16/h2-3,8,11H,4-7,9-10,14H2,1H3. The number of likely N-dealkylation sites (tertiary alicyclic amines) is 1. The van der Waals surface area contributed by atoms with Crippen molar-refractivity contribution in [3.8, 4) is 0 Å². The van der Waals surface area contributed by atoms with Crippen molar-refractivity contribution in [2.45, 2.75) is 19.3 Å². The van der Waals surface area contributed by atoms with E-state index in [1.807, 2.05) is 34.8 Å². The Morgan fingerprint density at radius 1 is 1.47 bits per heavy atom. The molecule has 2 N–H and O–H groups in total. The topological polar surface area (TPSA) is 51.3 Å². The van der Waals surface area contributed by atoms with Crippen LogP contribution in [0.4, 0.5) is 0 Å². The zero-order valence-corrected chi connectivity index (χ0v) is 10.4. The molecule has 1 aromatic heterocycles. The van der Waals surface area contributed by atoms with E-state index in [2.05, 4.69) is 0 Å². The first-order chi connectivity index (χ1) is 8.22. The van der Waals surface area contributed by atoms with Gasteiger partial charge in [-0.25, -0.2) is 0 Å². The average molecular weight is 235 g/mol. The summed E-state index contributed by atoms with van der Waals surface area (Å²) in [5, 5.41) is 0. The number of hydrogen-bond donors (Lipinski definition) is 1. The Kier molecular flexibility index (Phi) is 3.84. The summed E-state index contributed by atoms with van der Waals surface area (Å²) in [7, 11) is 1.91. The molecule has 1 fully saturated rings. The van der Waals surface area contributed by atoms with Gasteiger partial charge in [0, 0.05) is 26.3 Å². The minimum absolute atomic E-state index is 0.156. The number of amides is 1. The van der Waals surface area contributed by atoms with Crippen molar-refractivity contribution >= 4 is 5.91 Å². The number of nitrogens with zero attached hydrogens (tertiary/aromatic N) is 2. The molecule has 0 saturated carbocycles. The zero-order chi connectivity index (χ0) is 12.3. The molecule has 0 spiro atoms. The summed E-state index contributed by atoms with van der Waals surface area (Å²) in [4.78, 5) is 14.2. The highest BCUT2D eigenvalue weighted by Crippen LogP contribution is 2.21. The van der Waals surface area contributed by atoms with Gasteiger partial charge in [-0.2, -0.15) is 0 Å². The van der Waals surface area contributed by atoms with Crippen molar-refractivity contribution in [2.75, 3.05) is 19.6 Å². The van der Waals surface area contributed by atoms with Gasteiger partial charge in [-0.05, 0) is 43.9 Å². The van der Waals surface area contributed by atoms with Crippen LogP contribution in [0.3, 0.4) is 0 Å². The van der Waals surface area contributed by atoms with Crippen molar-refractivity contribution in [3.63, 3.8) is 0 Å². The molecule has 17 heavy (non-hydrogen) atoms. The van der Waals surface area contributed by atoms with Crippen LogP contribution in [-0.2, 0) is 7.05 Å². The number of carbonyl (C=O) groups excluding carboxylic acids is 1. The third-order valence-electron chi connectivity index (χ3n) is 3.64. The maximum absolute atomic E-state index is 12.2. The lowest BCUT2D eigenvalue weighted by Crippen LogP contribution is -2.39. The predicted octanol–water partition coefficient (Wildman–Crippen LogP) is 1.23. The fourth-order valence-corrected chi connectivity index (χ4v) is 2.51. The molecule has 2 heterocycles. The SMILES string of the molecule is Cn1cccc1C(=O)N1CCC(CCN)CC1. The number of rotatable bonds is 3. The molecular formula is C13H21N3O. The van der Waals surface area contributed by atoms with Crippen LogP contribution in [0.25, 0.3) is 0 Å². The lowest BCUT2D eigenvalue weighted by molar-refractivity contribution is 0.0678. The van der Waals surface area contributed by atoms with E-state index < -0.39 is 0 Å². The number of carbonyl (C=O) groups is 1. The largest absolute Gasteiger partial charge is 0.347 e. The molecule has 0 aliphatic carbocycles. The summed E-state index contributed by atoms with van der Waals surface area (Å²) >= 11 is 0. The highest BCUT2D eigenvalue weighted by Gasteiger charge is 2.24. The number of aryl methyl sites for hydroxylation is 1. The quantitative estimate of drug-likeness (QED) is 0.856. The first kappa shape index (κ1) is 12.2. The van der Waals surface area contributed by atoms with Crippen LogP contribution in [-0.4, -0.2) is 35.0 Å². The molecule has 0 atom stereocenters. The summed E-state index contributed by atoms with van der Waals surface area (Å²) in [6.07, 6.45) is 5.18. The van der Waals surface area contributed by atoms with Crippen molar-refractivity contribution in [1.82, 2.24) is 9.47 Å². The van der Waals surface area contributed by atoms with Crippen molar-refractivity contribution in [1.29, 1.82) is 0 Å². The van der Waals surface area contributed by atoms with E-state index in [0.717, 1.165) is 44.6 Å². The van der Waals surface area contributed by atoms with Gasteiger partial charge in [-0.1, -0.05) is 0 Å². The van der Waals surface area contributed by atoms with Crippen LogP contribution in [0.15, 0.2) is 18.3 Å². The van der Waals surface area contributed by atoms with Gasteiger partial charge in [0.25, 0.3) is 5.91 Å². The van der Waals surface area contributed by atoms with E-state index in [9.17, 15) is 4.79 Å². The van der Waals surface area contributed by atoms with E-state index in [4.69, 9.17) is 5.73 Å². The second-order valence-electron chi connectivity index (χ2n) is 4.82. The van der Waals surface area contributed by atoms with E-state index in [-0.39, 0.29) is 5.91 Å². The Hall–Kier alpha value is -1.29. The first-order valence-corrected chi connectivity index (χ1v) is 6.33. The third-order valence-corrected chi connectivity index (χ3v) is 3.64. The van der Waals surface area contributed by atoms with Crippen LogP contribution in [0.5, 0.6) is 0 Å². The monoisotopic (exact) mass is 235 g/mol. The highest BCUT2D eigenvalue weighted by molar-refractivity contribution is 5.92. The molecule has 2 rings (SSSR count). The molecule has 1 amide bonds. The van der Waals surface area contributed by atoms with Gasteiger partial charge in [-0.15, -0.1) is 0 Å². The normalized spacial score (nSPS) is 17.4. The van der Waals surface area contributed by atoms with Crippen LogP contribution in [0.2, 0.25) is 0 Å².